The fraction of sp³-hybridized carbons (Fsp3) is 0.917. The number of hydrogen-bond donors (Lipinski definition) is 2. The standard InChI is InChI=1S/C12H25N3O4S/c1-3-6-13-7-8-14-20(17,18)15-9-4-11(5-10-15)12(16)19-2/h11,13-14H,3-10H2,1-2H3. The van der Waals surface area contributed by atoms with Crippen LogP contribution in [0, 0.1) is 5.92 Å². The van der Waals surface area contributed by atoms with Crippen LogP contribution in [0.25, 0.3) is 0 Å². The van der Waals surface area contributed by atoms with E-state index in [-0.39, 0.29) is 11.9 Å². The van der Waals surface area contributed by atoms with E-state index in [1.165, 1.54) is 11.4 Å². The Morgan fingerprint density at radius 2 is 1.90 bits per heavy atom. The minimum Gasteiger partial charge on any atom is -0.469 e. The highest BCUT2D eigenvalue weighted by atomic mass is 32.2. The van der Waals surface area contributed by atoms with Gasteiger partial charge >= 0.3 is 5.97 Å². The van der Waals surface area contributed by atoms with Gasteiger partial charge in [0.05, 0.1) is 13.0 Å². The van der Waals surface area contributed by atoms with Crippen LogP contribution in [0.2, 0.25) is 0 Å². The average molecular weight is 307 g/mol. The third-order valence-corrected chi connectivity index (χ3v) is 4.96. The van der Waals surface area contributed by atoms with Gasteiger partial charge in [0, 0.05) is 26.2 Å². The molecule has 0 aliphatic carbocycles. The van der Waals surface area contributed by atoms with Gasteiger partial charge in [0.15, 0.2) is 0 Å². The Morgan fingerprint density at radius 1 is 1.25 bits per heavy atom. The van der Waals surface area contributed by atoms with Gasteiger partial charge in [-0.3, -0.25) is 4.79 Å². The Bertz CT molecular complexity index is 392. The summed E-state index contributed by atoms with van der Waals surface area (Å²) in [5, 5.41) is 3.13. The first kappa shape index (κ1) is 17.4. The maximum absolute atomic E-state index is 12.0. The molecule has 1 fully saturated rings. The summed E-state index contributed by atoms with van der Waals surface area (Å²) in [5.41, 5.74) is 0. The molecule has 118 valence electrons. The van der Waals surface area contributed by atoms with Gasteiger partial charge in [0.25, 0.3) is 10.2 Å². The molecule has 0 aromatic rings. The molecule has 1 rings (SSSR count). The number of ether oxygens (including phenoxy) is 1. The first-order valence-electron chi connectivity index (χ1n) is 7.04. The Morgan fingerprint density at radius 3 is 2.45 bits per heavy atom. The SMILES string of the molecule is CCCNCCNS(=O)(=O)N1CCC(C(=O)OC)CC1. The molecular formula is C12H25N3O4S. The predicted molar refractivity (Wildman–Crippen MR) is 76.4 cm³/mol. The minimum absolute atomic E-state index is 0.183. The quantitative estimate of drug-likeness (QED) is 0.475. The second-order valence-corrected chi connectivity index (χ2v) is 6.60. The number of carbonyl (C=O) groups excluding carboxylic acids is 1. The monoisotopic (exact) mass is 307 g/mol. The maximum atomic E-state index is 12.0. The Balaban J connectivity index is 2.33. The molecule has 0 bridgehead atoms. The van der Waals surface area contributed by atoms with Gasteiger partial charge in [-0.25, -0.2) is 4.72 Å². The smallest absolute Gasteiger partial charge is 0.308 e. The normalized spacial score (nSPS) is 18.1. The molecule has 0 spiro atoms. The largest absolute Gasteiger partial charge is 0.469 e. The van der Waals surface area contributed by atoms with E-state index >= 15 is 0 Å². The van der Waals surface area contributed by atoms with Crippen molar-refractivity contribution in [2.45, 2.75) is 26.2 Å². The van der Waals surface area contributed by atoms with Gasteiger partial charge < -0.3 is 10.1 Å². The molecule has 0 aromatic heterocycles. The summed E-state index contributed by atoms with van der Waals surface area (Å²) >= 11 is 0. The lowest BCUT2D eigenvalue weighted by Gasteiger charge is -2.29. The molecule has 1 aliphatic heterocycles. The van der Waals surface area contributed by atoms with Gasteiger partial charge in [-0.15, -0.1) is 0 Å². The van der Waals surface area contributed by atoms with Gasteiger partial charge in [-0.05, 0) is 25.8 Å². The van der Waals surface area contributed by atoms with Crippen LogP contribution in [0.3, 0.4) is 0 Å². The zero-order valence-electron chi connectivity index (χ0n) is 12.2. The number of nitrogens with zero attached hydrogens (tertiary/aromatic N) is 1. The lowest BCUT2D eigenvalue weighted by atomic mass is 9.99. The molecular weight excluding hydrogens is 282 g/mol. The zero-order chi connectivity index (χ0) is 15.0. The summed E-state index contributed by atoms with van der Waals surface area (Å²) in [6, 6.07) is 0. The van der Waals surface area contributed by atoms with E-state index in [1.807, 2.05) is 0 Å². The highest BCUT2D eigenvalue weighted by Crippen LogP contribution is 2.19. The maximum Gasteiger partial charge on any atom is 0.308 e. The number of hydrogen-bond acceptors (Lipinski definition) is 5. The van der Waals surface area contributed by atoms with Gasteiger partial charge in [-0.2, -0.15) is 12.7 Å². The number of carbonyl (C=O) groups is 1. The molecule has 1 saturated heterocycles. The number of esters is 1. The van der Waals surface area contributed by atoms with Gasteiger partial charge in [0.1, 0.15) is 0 Å². The van der Waals surface area contributed by atoms with Crippen molar-refractivity contribution in [3.63, 3.8) is 0 Å². The van der Waals surface area contributed by atoms with Crippen LogP contribution in [0.15, 0.2) is 0 Å². The third kappa shape index (κ3) is 5.35. The summed E-state index contributed by atoms with van der Waals surface area (Å²) in [6.07, 6.45) is 2.05. The number of methoxy groups -OCH3 is 1. The van der Waals surface area contributed by atoms with Crippen molar-refractivity contribution in [2.24, 2.45) is 5.92 Å². The molecule has 0 aromatic carbocycles. The molecule has 7 nitrogen and oxygen atoms in total. The number of nitrogens with one attached hydrogen (secondary N) is 2. The Labute approximate surface area is 121 Å². The lowest BCUT2D eigenvalue weighted by Crippen LogP contribution is -2.47. The van der Waals surface area contributed by atoms with E-state index in [0.717, 1.165) is 13.0 Å². The van der Waals surface area contributed by atoms with Crippen LogP contribution in [0.5, 0.6) is 0 Å². The molecule has 0 radical (unpaired) electrons. The van der Waals surface area contributed by atoms with Crippen LogP contribution in [-0.4, -0.2) is 58.5 Å². The molecule has 0 amide bonds. The van der Waals surface area contributed by atoms with E-state index in [0.29, 0.717) is 39.0 Å². The van der Waals surface area contributed by atoms with Crippen LogP contribution in [0.4, 0.5) is 0 Å². The fourth-order valence-corrected chi connectivity index (χ4v) is 3.39. The van der Waals surface area contributed by atoms with Crippen LogP contribution in [0.1, 0.15) is 26.2 Å². The predicted octanol–water partition coefficient (Wildman–Crippen LogP) is -0.295. The molecule has 1 aliphatic rings. The molecule has 0 atom stereocenters. The molecule has 8 heteroatoms. The fourth-order valence-electron chi connectivity index (χ4n) is 2.16. The van der Waals surface area contributed by atoms with Crippen molar-refractivity contribution in [3.8, 4) is 0 Å². The van der Waals surface area contributed by atoms with Crippen molar-refractivity contribution < 1.29 is 17.9 Å². The second-order valence-electron chi connectivity index (χ2n) is 4.85. The van der Waals surface area contributed by atoms with E-state index < -0.39 is 10.2 Å². The zero-order valence-corrected chi connectivity index (χ0v) is 13.0. The first-order chi connectivity index (χ1) is 9.51. The summed E-state index contributed by atoms with van der Waals surface area (Å²) in [4.78, 5) is 11.4. The second kappa shape index (κ2) is 8.56. The summed E-state index contributed by atoms with van der Waals surface area (Å²) in [7, 11) is -2.08. The highest BCUT2D eigenvalue weighted by Gasteiger charge is 2.31. The van der Waals surface area contributed by atoms with E-state index in [9.17, 15) is 13.2 Å². The van der Waals surface area contributed by atoms with Crippen molar-refractivity contribution in [3.05, 3.63) is 0 Å². The number of piperidine rings is 1. The summed E-state index contributed by atoms with van der Waals surface area (Å²) in [6.45, 7) is 4.65. The first-order valence-corrected chi connectivity index (χ1v) is 8.48. The molecule has 0 saturated carbocycles. The molecule has 20 heavy (non-hydrogen) atoms. The molecule has 1 heterocycles. The van der Waals surface area contributed by atoms with E-state index in [1.54, 1.807) is 0 Å². The van der Waals surface area contributed by atoms with E-state index in [2.05, 4.69) is 21.7 Å². The molecule has 0 unspecified atom stereocenters. The highest BCUT2D eigenvalue weighted by molar-refractivity contribution is 7.87. The van der Waals surface area contributed by atoms with Crippen molar-refractivity contribution in [1.29, 1.82) is 0 Å². The van der Waals surface area contributed by atoms with E-state index in [4.69, 9.17) is 0 Å². The van der Waals surface area contributed by atoms with Crippen LogP contribution < -0.4 is 10.0 Å². The molecule has 2 N–H and O–H groups in total. The van der Waals surface area contributed by atoms with Crippen LogP contribution >= 0.6 is 0 Å². The lowest BCUT2D eigenvalue weighted by molar-refractivity contribution is -0.146. The average Bonchev–Trinajstić information content (AvgIpc) is 2.46. The van der Waals surface area contributed by atoms with Crippen LogP contribution in [-0.2, 0) is 19.7 Å². The third-order valence-electron chi connectivity index (χ3n) is 3.34. The van der Waals surface area contributed by atoms with Crippen molar-refractivity contribution in [2.75, 3.05) is 39.8 Å². The van der Waals surface area contributed by atoms with Crippen molar-refractivity contribution >= 4 is 16.2 Å². The Kier molecular flexibility index (Phi) is 7.42. The van der Waals surface area contributed by atoms with Crippen molar-refractivity contribution in [1.82, 2.24) is 14.3 Å². The topological polar surface area (TPSA) is 87.7 Å². The summed E-state index contributed by atoms with van der Waals surface area (Å²) < 4.78 is 32.7. The van der Waals surface area contributed by atoms with Gasteiger partial charge in [-0.1, -0.05) is 6.92 Å². The Hall–Kier alpha value is -0.700. The van der Waals surface area contributed by atoms with Gasteiger partial charge in [0.2, 0.25) is 0 Å². The number of rotatable bonds is 8. The summed E-state index contributed by atoms with van der Waals surface area (Å²) in [5.74, 6) is -0.434. The minimum atomic E-state index is -3.44.